The lowest BCUT2D eigenvalue weighted by molar-refractivity contribution is 0.0996. The number of H-pyrrole nitrogens is 1. The number of hydrogen-bond donors (Lipinski definition) is 2. The van der Waals surface area contributed by atoms with Gasteiger partial charge in [-0.2, -0.15) is 5.10 Å². The van der Waals surface area contributed by atoms with E-state index in [9.17, 15) is 9.59 Å². The first kappa shape index (κ1) is 9.38. The Morgan fingerprint density at radius 3 is 2.87 bits per heavy atom. The Morgan fingerprint density at radius 2 is 2.20 bits per heavy atom. The summed E-state index contributed by atoms with van der Waals surface area (Å²) < 4.78 is 0. The molecule has 72 valence electrons. The molecular weight excluding hydrogens is 195 g/mol. The molecule has 2 aromatic rings. The first-order valence-electron chi connectivity index (χ1n) is 4.03. The van der Waals surface area contributed by atoms with Gasteiger partial charge in [0, 0.05) is 11.6 Å². The molecule has 0 aliphatic heterocycles. The van der Waals surface area contributed by atoms with E-state index in [1.165, 1.54) is 12.3 Å². The van der Waals surface area contributed by atoms with Gasteiger partial charge < -0.3 is 5.73 Å². The van der Waals surface area contributed by atoms with Crippen molar-refractivity contribution in [3.05, 3.63) is 28.3 Å². The Kier molecular flexibility index (Phi) is 2.00. The van der Waals surface area contributed by atoms with E-state index in [2.05, 4.69) is 15.2 Å². The SMILES string of the molecule is [B]c1cc2c(C(N)=O)n[nH]c(=O)c2cn1. The topological polar surface area (TPSA) is 102 Å². The molecule has 0 saturated heterocycles. The number of rotatable bonds is 1. The molecule has 0 saturated carbocycles. The molecule has 0 bridgehead atoms. The fraction of sp³-hybridized carbons (Fsp3) is 0. The minimum atomic E-state index is -0.734. The normalized spacial score (nSPS) is 10.4. The van der Waals surface area contributed by atoms with Crippen LogP contribution in [0.3, 0.4) is 0 Å². The van der Waals surface area contributed by atoms with Gasteiger partial charge in [-0.25, -0.2) is 5.10 Å². The highest BCUT2D eigenvalue weighted by Crippen LogP contribution is 2.08. The quantitative estimate of drug-likeness (QED) is 0.530. The van der Waals surface area contributed by atoms with Gasteiger partial charge in [0.15, 0.2) is 5.69 Å². The Hall–Kier alpha value is -2.18. The first-order valence-corrected chi connectivity index (χ1v) is 4.03. The number of primary amides is 1. The summed E-state index contributed by atoms with van der Waals surface area (Å²) >= 11 is 0. The molecule has 7 heteroatoms. The average Bonchev–Trinajstić information content (AvgIpc) is 2.17. The molecule has 0 fully saturated rings. The van der Waals surface area contributed by atoms with Crippen LogP contribution in [0, 0.1) is 0 Å². The van der Waals surface area contributed by atoms with Crippen molar-refractivity contribution in [3.63, 3.8) is 0 Å². The minimum absolute atomic E-state index is 0.0290. The number of aromatic nitrogens is 3. The molecule has 2 aromatic heterocycles. The van der Waals surface area contributed by atoms with Crippen LogP contribution >= 0.6 is 0 Å². The summed E-state index contributed by atoms with van der Waals surface area (Å²) in [5.74, 6) is -0.734. The summed E-state index contributed by atoms with van der Waals surface area (Å²) in [6, 6.07) is 1.39. The van der Waals surface area contributed by atoms with E-state index in [0.29, 0.717) is 5.39 Å². The fourth-order valence-electron chi connectivity index (χ4n) is 1.26. The summed E-state index contributed by atoms with van der Waals surface area (Å²) in [6.07, 6.45) is 1.28. The van der Waals surface area contributed by atoms with E-state index in [1.54, 1.807) is 0 Å². The van der Waals surface area contributed by atoms with Gasteiger partial charge in [0.05, 0.1) is 5.39 Å². The summed E-state index contributed by atoms with van der Waals surface area (Å²) in [7, 11) is 5.44. The third-order valence-corrected chi connectivity index (χ3v) is 1.93. The molecule has 0 aliphatic carbocycles. The van der Waals surface area contributed by atoms with Gasteiger partial charge in [-0.1, -0.05) is 0 Å². The second-order valence-electron chi connectivity index (χ2n) is 2.92. The molecule has 15 heavy (non-hydrogen) atoms. The number of nitrogens with one attached hydrogen (secondary N) is 1. The number of pyridine rings is 1. The van der Waals surface area contributed by atoms with E-state index >= 15 is 0 Å². The maximum atomic E-state index is 11.3. The second kappa shape index (κ2) is 3.20. The minimum Gasteiger partial charge on any atom is -0.364 e. The average molecular weight is 200 g/mol. The zero-order chi connectivity index (χ0) is 11.0. The van der Waals surface area contributed by atoms with E-state index in [4.69, 9.17) is 13.6 Å². The van der Waals surface area contributed by atoms with Crippen LogP contribution in [0.1, 0.15) is 10.5 Å². The van der Waals surface area contributed by atoms with Crippen LogP contribution in [0.2, 0.25) is 0 Å². The molecule has 0 spiro atoms. The van der Waals surface area contributed by atoms with Gasteiger partial charge in [-0.3, -0.25) is 14.6 Å². The van der Waals surface area contributed by atoms with E-state index < -0.39 is 11.5 Å². The van der Waals surface area contributed by atoms with Gasteiger partial charge in [0.25, 0.3) is 11.5 Å². The molecule has 0 atom stereocenters. The summed E-state index contributed by atoms with van der Waals surface area (Å²) in [5, 5.41) is 6.24. The number of carbonyl (C=O) groups excluding carboxylic acids is 1. The summed E-state index contributed by atoms with van der Waals surface area (Å²) in [6.45, 7) is 0. The number of nitrogens with zero attached hydrogens (tertiary/aromatic N) is 2. The summed E-state index contributed by atoms with van der Waals surface area (Å²) in [4.78, 5) is 26.1. The zero-order valence-corrected chi connectivity index (χ0v) is 7.52. The highest BCUT2D eigenvalue weighted by atomic mass is 16.1. The monoisotopic (exact) mass is 200 g/mol. The van der Waals surface area contributed by atoms with Gasteiger partial charge in [-0.15, -0.1) is 0 Å². The molecule has 2 rings (SSSR count). The van der Waals surface area contributed by atoms with Crippen LogP contribution in [0.25, 0.3) is 10.8 Å². The van der Waals surface area contributed by atoms with Crippen LogP contribution < -0.4 is 16.9 Å². The fourth-order valence-corrected chi connectivity index (χ4v) is 1.26. The Bertz CT molecular complexity index is 607. The molecular formula is C8H5BN4O2. The van der Waals surface area contributed by atoms with Crippen LogP contribution in [0.15, 0.2) is 17.1 Å². The molecule has 2 heterocycles. The Labute approximate surface area is 84.9 Å². The Morgan fingerprint density at radius 1 is 1.47 bits per heavy atom. The lowest BCUT2D eigenvalue weighted by atomic mass is 10.0. The standard InChI is InChI=1S/C8H5BN4O2/c9-5-1-3-4(2-11-5)8(15)13-12-6(3)7(10)14/h1-2H,(H2,10,14)(H,13,15). The second-order valence-corrected chi connectivity index (χ2v) is 2.92. The van der Waals surface area contributed by atoms with Crippen LogP contribution in [0.4, 0.5) is 0 Å². The maximum Gasteiger partial charge on any atom is 0.273 e. The van der Waals surface area contributed by atoms with Crippen LogP contribution in [-0.4, -0.2) is 28.9 Å². The first-order chi connectivity index (χ1) is 7.09. The van der Waals surface area contributed by atoms with Crippen molar-refractivity contribution in [1.29, 1.82) is 0 Å². The van der Waals surface area contributed by atoms with Crippen molar-refractivity contribution >= 4 is 30.1 Å². The molecule has 1 amide bonds. The molecule has 0 unspecified atom stereocenters. The van der Waals surface area contributed by atoms with Crippen molar-refractivity contribution < 1.29 is 4.79 Å². The van der Waals surface area contributed by atoms with Crippen molar-refractivity contribution in [1.82, 2.24) is 15.2 Å². The molecule has 0 aliphatic rings. The lowest BCUT2D eigenvalue weighted by Gasteiger charge is -2.01. The number of carbonyl (C=O) groups is 1. The number of hydrogen-bond acceptors (Lipinski definition) is 4. The van der Waals surface area contributed by atoms with Crippen molar-refractivity contribution in [2.24, 2.45) is 5.73 Å². The van der Waals surface area contributed by atoms with Crippen LogP contribution in [0.5, 0.6) is 0 Å². The molecule has 2 radical (unpaired) electrons. The zero-order valence-electron chi connectivity index (χ0n) is 7.52. The van der Waals surface area contributed by atoms with Gasteiger partial charge in [0.2, 0.25) is 0 Å². The maximum absolute atomic E-state index is 11.3. The van der Waals surface area contributed by atoms with Gasteiger partial charge in [-0.05, 0) is 11.7 Å². The predicted octanol–water partition coefficient (Wildman–Crippen LogP) is -1.79. The van der Waals surface area contributed by atoms with Crippen molar-refractivity contribution in [2.45, 2.75) is 0 Å². The number of nitrogens with two attached hydrogens (primary N) is 1. The number of aromatic amines is 1. The van der Waals surface area contributed by atoms with E-state index in [0.717, 1.165) is 0 Å². The van der Waals surface area contributed by atoms with Gasteiger partial charge >= 0.3 is 0 Å². The van der Waals surface area contributed by atoms with E-state index in [-0.39, 0.29) is 16.7 Å². The summed E-state index contributed by atoms with van der Waals surface area (Å²) in [5.41, 5.74) is 4.82. The van der Waals surface area contributed by atoms with E-state index in [1.807, 2.05) is 0 Å². The lowest BCUT2D eigenvalue weighted by Crippen LogP contribution is -2.21. The molecule has 6 nitrogen and oxygen atoms in total. The highest BCUT2D eigenvalue weighted by molar-refractivity contribution is 6.31. The van der Waals surface area contributed by atoms with Crippen LogP contribution in [-0.2, 0) is 0 Å². The largest absolute Gasteiger partial charge is 0.364 e. The number of fused-ring (bicyclic) bond motifs is 1. The Balaban J connectivity index is 2.96. The third kappa shape index (κ3) is 1.47. The third-order valence-electron chi connectivity index (χ3n) is 1.93. The smallest absolute Gasteiger partial charge is 0.273 e. The predicted molar refractivity (Wildman–Crippen MR) is 54.1 cm³/mol. The van der Waals surface area contributed by atoms with Crippen molar-refractivity contribution in [3.8, 4) is 0 Å². The van der Waals surface area contributed by atoms with Crippen molar-refractivity contribution in [2.75, 3.05) is 0 Å². The van der Waals surface area contributed by atoms with Gasteiger partial charge in [0.1, 0.15) is 7.85 Å². The molecule has 0 aromatic carbocycles. The number of amides is 1. The molecule has 3 N–H and O–H groups in total. The highest BCUT2D eigenvalue weighted by Gasteiger charge is 2.11.